The van der Waals surface area contributed by atoms with E-state index in [4.69, 9.17) is 0 Å². The summed E-state index contributed by atoms with van der Waals surface area (Å²) in [4.78, 5) is 0. The average Bonchev–Trinajstić information content (AvgIpc) is 2.67. The van der Waals surface area contributed by atoms with Crippen molar-refractivity contribution in [3.05, 3.63) is 34.9 Å². The average molecular weight is 363 g/mol. The molecule has 0 aromatic heterocycles. The first-order valence-electron chi connectivity index (χ1n) is 10.9. The van der Waals surface area contributed by atoms with Crippen LogP contribution in [0.1, 0.15) is 102 Å². The summed E-state index contributed by atoms with van der Waals surface area (Å²) in [5, 5.41) is 0. The maximum Gasteiger partial charge on any atom is 0.162 e. The van der Waals surface area contributed by atoms with Crippen LogP contribution in [0.3, 0.4) is 0 Å². The van der Waals surface area contributed by atoms with Crippen LogP contribution in [-0.2, 0) is 6.42 Å². The Kier molecular flexibility index (Phi) is 6.41. The third-order valence-electron chi connectivity index (χ3n) is 7.68. The molecule has 146 valence electrons. The smallest absolute Gasteiger partial charge is 0.162 e. The number of halogens is 2. The molecule has 0 N–H and O–H groups in total. The molecule has 0 nitrogen and oxygen atoms in total. The summed E-state index contributed by atoms with van der Waals surface area (Å²) in [5.41, 5.74) is 1.72. The summed E-state index contributed by atoms with van der Waals surface area (Å²) >= 11 is 0. The quantitative estimate of drug-likeness (QED) is 0.501. The number of hydrogen-bond donors (Lipinski definition) is 0. The largest absolute Gasteiger partial charge is 0.203 e. The zero-order chi connectivity index (χ0) is 18.7. The molecule has 1 aromatic carbocycles. The van der Waals surface area contributed by atoms with Gasteiger partial charge in [0.2, 0.25) is 0 Å². The van der Waals surface area contributed by atoms with Gasteiger partial charge in [0.15, 0.2) is 11.6 Å². The molecular formula is C24H36F2. The van der Waals surface area contributed by atoms with Crippen molar-refractivity contribution in [1.82, 2.24) is 0 Å². The standard InChI is InChI=1S/C24H36F2/c1-4-6-20-11-12-21(23(26)22(20)25)19-9-7-17(8-10-19)18-13-15-24(3,5-2)16-14-18/h11-12,17-19H,4-10,13-16H2,1-3H3. The second kappa shape index (κ2) is 8.40. The van der Waals surface area contributed by atoms with Crippen LogP contribution in [0.5, 0.6) is 0 Å². The normalized spacial score (nSPS) is 32.6. The fourth-order valence-electron chi connectivity index (χ4n) is 5.45. The summed E-state index contributed by atoms with van der Waals surface area (Å²) in [5.74, 6) is 0.707. The minimum absolute atomic E-state index is 0.209. The Morgan fingerprint density at radius 1 is 0.885 bits per heavy atom. The van der Waals surface area contributed by atoms with Crippen molar-refractivity contribution in [2.45, 2.75) is 97.3 Å². The van der Waals surface area contributed by atoms with Gasteiger partial charge in [0, 0.05) is 0 Å². The molecule has 2 fully saturated rings. The summed E-state index contributed by atoms with van der Waals surface area (Å²) in [6, 6.07) is 3.68. The molecule has 0 saturated heterocycles. The van der Waals surface area contributed by atoms with Crippen LogP contribution < -0.4 is 0 Å². The highest BCUT2D eigenvalue weighted by Crippen LogP contribution is 2.48. The third-order valence-corrected chi connectivity index (χ3v) is 7.68. The lowest BCUT2D eigenvalue weighted by atomic mass is 9.64. The molecule has 0 bridgehead atoms. The van der Waals surface area contributed by atoms with E-state index in [2.05, 4.69) is 13.8 Å². The lowest BCUT2D eigenvalue weighted by molar-refractivity contribution is 0.108. The highest BCUT2D eigenvalue weighted by molar-refractivity contribution is 5.29. The van der Waals surface area contributed by atoms with Gasteiger partial charge in [0.1, 0.15) is 0 Å². The van der Waals surface area contributed by atoms with Crippen molar-refractivity contribution >= 4 is 0 Å². The van der Waals surface area contributed by atoms with Crippen molar-refractivity contribution in [3.63, 3.8) is 0 Å². The summed E-state index contributed by atoms with van der Waals surface area (Å²) < 4.78 is 28.9. The second-order valence-electron chi connectivity index (χ2n) is 9.31. The molecule has 2 heteroatoms. The van der Waals surface area contributed by atoms with Crippen molar-refractivity contribution in [2.75, 3.05) is 0 Å². The Labute approximate surface area is 158 Å². The molecule has 2 aliphatic rings. The number of aryl methyl sites for hydroxylation is 1. The molecule has 2 aliphatic carbocycles. The van der Waals surface area contributed by atoms with E-state index < -0.39 is 11.6 Å². The molecule has 3 rings (SSSR count). The van der Waals surface area contributed by atoms with E-state index in [-0.39, 0.29) is 5.92 Å². The SMILES string of the molecule is CCCc1ccc(C2CCC(C3CCC(C)(CC)CC3)CC2)c(F)c1F. The first-order valence-corrected chi connectivity index (χ1v) is 10.9. The Bertz CT molecular complexity index is 590. The minimum atomic E-state index is -0.599. The van der Waals surface area contributed by atoms with Gasteiger partial charge in [-0.25, -0.2) is 8.78 Å². The number of rotatable bonds is 5. The molecule has 26 heavy (non-hydrogen) atoms. The summed E-state index contributed by atoms with van der Waals surface area (Å²) in [6.07, 6.45) is 12.7. The molecular weight excluding hydrogens is 326 g/mol. The van der Waals surface area contributed by atoms with Crippen LogP contribution in [-0.4, -0.2) is 0 Å². The van der Waals surface area contributed by atoms with Gasteiger partial charge >= 0.3 is 0 Å². The molecule has 0 amide bonds. The van der Waals surface area contributed by atoms with Crippen molar-refractivity contribution < 1.29 is 8.78 Å². The van der Waals surface area contributed by atoms with Crippen LogP contribution in [0.4, 0.5) is 8.78 Å². The summed E-state index contributed by atoms with van der Waals surface area (Å²) in [6.45, 7) is 6.77. The fourth-order valence-corrected chi connectivity index (χ4v) is 5.45. The fraction of sp³-hybridized carbons (Fsp3) is 0.750. The number of hydrogen-bond acceptors (Lipinski definition) is 0. The molecule has 0 radical (unpaired) electrons. The zero-order valence-electron chi connectivity index (χ0n) is 16.9. The van der Waals surface area contributed by atoms with Crippen molar-refractivity contribution in [3.8, 4) is 0 Å². The summed E-state index contributed by atoms with van der Waals surface area (Å²) in [7, 11) is 0. The van der Waals surface area contributed by atoms with E-state index >= 15 is 0 Å². The Balaban J connectivity index is 1.58. The van der Waals surface area contributed by atoms with Gasteiger partial charge in [-0.3, -0.25) is 0 Å². The molecule has 0 heterocycles. The first kappa shape index (κ1) is 19.8. The topological polar surface area (TPSA) is 0 Å². The van der Waals surface area contributed by atoms with Gasteiger partial charge in [-0.15, -0.1) is 0 Å². The Morgan fingerprint density at radius 2 is 1.50 bits per heavy atom. The van der Waals surface area contributed by atoms with E-state index in [1.54, 1.807) is 0 Å². The lowest BCUT2D eigenvalue weighted by Gasteiger charge is -2.42. The molecule has 1 aromatic rings. The van der Waals surface area contributed by atoms with Gasteiger partial charge in [-0.2, -0.15) is 0 Å². The van der Waals surface area contributed by atoms with Crippen LogP contribution in [0.15, 0.2) is 12.1 Å². The van der Waals surface area contributed by atoms with E-state index in [0.29, 0.717) is 23.0 Å². The van der Waals surface area contributed by atoms with Crippen molar-refractivity contribution in [2.24, 2.45) is 17.3 Å². The monoisotopic (exact) mass is 362 g/mol. The predicted molar refractivity (Wildman–Crippen MR) is 105 cm³/mol. The van der Waals surface area contributed by atoms with Crippen LogP contribution >= 0.6 is 0 Å². The molecule has 0 unspecified atom stereocenters. The van der Waals surface area contributed by atoms with Gasteiger partial charge in [0.25, 0.3) is 0 Å². The van der Waals surface area contributed by atoms with E-state index in [1.165, 1.54) is 44.9 Å². The number of benzene rings is 1. The zero-order valence-corrected chi connectivity index (χ0v) is 16.9. The first-order chi connectivity index (χ1) is 12.5. The predicted octanol–water partition coefficient (Wildman–Crippen LogP) is 7.80. The van der Waals surface area contributed by atoms with E-state index in [9.17, 15) is 8.78 Å². The van der Waals surface area contributed by atoms with Crippen LogP contribution in [0, 0.1) is 28.9 Å². The minimum Gasteiger partial charge on any atom is -0.203 e. The maximum absolute atomic E-state index is 14.6. The van der Waals surface area contributed by atoms with Crippen LogP contribution in [0.2, 0.25) is 0 Å². The van der Waals surface area contributed by atoms with Gasteiger partial charge in [-0.05, 0) is 92.1 Å². The van der Waals surface area contributed by atoms with E-state index in [0.717, 1.165) is 31.1 Å². The molecule has 0 aliphatic heterocycles. The molecule has 0 spiro atoms. The second-order valence-corrected chi connectivity index (χ2v) is 9.31. The Morgan fingerprint density at radius 3 is 2.08 bits per heavy atom. The molecule has 2 saturated carbocycles. The van der Waals surface area contributed by atoms with E-state index in [1.807, 2.05) is 19.1 Å². The molecule has 0 atom stereocenters. The third kappa shape index (κ3) is 4.15. The highest BCUT2D eigenvalue weighted by Gasteiger charge is 2.35. The van der Waals surface area contributed by atoms with Crippen LogP contribution in [0.25, 0.3) is 0 Å². The lowest BCUT2D eigenvalue weighted by Crippen LogP contribution is -2.29. The van der Waals surface area contributed by atoms with Crippen molar-refractivity contribution in [1.29, 1.82) is 0 Å². The Hall–Kier alpha value is -0.920. The highest BCUT2D eigenvalue weighted by atomic mass is 19.2. The van der Waals surface area contributed by atoms with Gasteiger partial charge < -0.3 is 0 Å². The maximum atomic E-state index is 14.6. The van der Waals surface area contributed by atoms with Gasteiger partial charge in [-0.1, -0.05) is 45.7 Å². The van der Waals surface area contributed by atoms with Gasteiger partial charge in [0.05, 0.1) is 0 Å².